The summed E-state index contributed by atoms with van der Waals surface area (Å²) in [5, 5.41) is 12.4. The molecule has 0 amide bonds. The van der Waals surface area contributed by atoms with E-state index < -0.39 is 5.97 Å². The minimum Gasteiger partial charge on any atom is -0.478 e. The van der Waals surface area contributed by atoms with Crippen molar-refractivity contribution >= 4 is 11.8 Å². The molecular weight excluding hydrogens is 244 g/mol. The molecule has 5 heteroatoms. The number of anilines is 1. The molecule has 1 aromatic heterocycles. The van der Waals surface area contributed by atoms with E-state index in [-0.39, 0.29) is 11.6 Å². The smallest absolute Gasteiger partial charge is 0.335 e. The highest BCUT2D eigenvalue weighted by atomic mass is 16.5. The maximum atomic E-state index is 11.1. The number of ether oxygens (including phenoxy) is 1. The number of carboxylic acids is 1. The highest BCUT2D eigenvalue weighted by Crippen LogP contribution is 2.16. The quantitative estimate of drug-likeness (QED) is 0.854. The molecule has 0 bridgehead atoms. The van der Waals surface area contributed by atoms with Crippen molar-refractivity contribution in [3.63, 3.8) is 0 Å². The normalized spacial score (nSPS) is 19.1. The summed E-state index contributed by atoms with van der Waals surface area (Å²) in [4.78, 5) is 15.6. The molecule has 2 rings (SSSR count). The van der Waals surface area contributed by atoms with Crippen LogP contribution in [0.1, 0.15) is 42.2 Å². The minimum absolute atomic E-state index is 0.222. The van der Waals surface area contributed by atoms with E-state index in [9.17, 15) is 4.79 Å². The van der Waals surface area contributed by atoms with E-state index in [2.05, 4.69) is 17.2 Å². The van der Waals surface area contributed by atoms with Gasteiger partial charge in [0.15, 0.2) is 0 Å². The van der Waals surface area contributed by atoms with Gasteiger partial charge in [0, 0.05) is 12.3 Å². The third-order valence-corrected chi connectivity index (χ3v) is 3.14. The molecule has 104 valence electrons. The molecule has 0 aromatic carbocycles. The molecule has 1 unspecified atom stereocenters. The van der Waals surface area contributed by atoms with Gasteiger partial charge in [-0.05, 0) is 31.4 Å². The first-order chi connectivity index (χ1) is 9.19. The molecule has 2 heterocycles. The second-order valence-electron chi connectivity index (χ2n) is 4.85. The first-order valence-electron chi connectivity index (χ1n) is 6.77. The second-order valence-corrected chi connectivity index (χ2v) is 4.85. The van der Waals surface area contributed by atoms with Crippen LogP contribution >= 0.6 is 0 Å². The van der Waals surface area contributed by atoms with Crippen molar-refractivity contribution in [2.45, 2.75) is 38.6 Å². The lowest BCUT2D eigenvalue weighted by Crippen LogP contribution is -2.30. The predicted octanol–water partition coefficient (Wildman–Crippen LogP) is 2.32. The number of aromatic nitrogens is 1. The molecule has 1 aromatic rings. The number of carboxylic acid groups (broad SMARTS) is 1. The third-order valence-electron chi connectivity index (χ3n) is 3.14. The van der Waals surface area contributed by atoms with Crippen molar-refractivity contribution in [2.75, 3.05) is 18.5 Å². The second kappa shape index (κ2) is 6.52. The molecule has 19 heavy (non-hydrogen) atoms. The monoisotopic (exact) mass is 264 g/mol. The zero-order valence-electron chi connectivity index (χ0n) is 11.2. The molecule has 1 fully saturated rings. The predicted molar refractivity (Wildman–Crippen MR) is 72.7 cm³/mol. The average Bonchev–Trinajstić information content (AvgIpc) is 2.40. The Bertz CT molecular complexity index is 442. The van der Waals surface area contributed by atoms with Crippen LogP contribution in [0.15, 0.2) is 12.1 Å². The fourth-order valence-corrected chi connectivity index (χ4v) is 2.23. The number of aromatic carboxylic acids is 1. The fraction of sp³-hybridized carbons (Fsp3) is 0.571. The van der Waals surface area contributed by atoms with Crippen LogP contribution in [0.25, 0.3) is 0 Å². The van der Waals surface area contributed by atoms with Gasteiger partial charge in [-0.15, -0.1) is 0 Å². The summed E-state index contributed by atoms with van der Waals surface area (Å²) in [6.07, 6.45) is 3.79. The maximum Gasteiger partial charge on any atom is 0.335 e. The summed E-state index contributed by atoms with van der Waals surface area (Å²) in [5.41, 5.74) is 1.11. The summed E-state index contributed by atoms with van der Waals surface area (Å²) in [7, 11) is 0. The van der Waals surface area contributed by atoms with Gasteiger partial charge in [0.25, 0.3) is 0 Å². The van der Waals surface area contributed by atoms with Gasteiger partial charge in [0.2, 0.25) is 0 Å². The zero-order valence-corrected chi connectivity index (χ0v) is 11.2. The number of pyridine rings is 1. The molecule has 5 nitrogen and oxygen atoms in total. The Hall–Kier alpha value is -1.62. The Morgan fingerprint density at radius 2 is 2.42 bits per heavy atom. The third kappa shape index (κ3) is 3.92. The highest BCUT2D eigenvalue weighted by Gasteiger charge is 2.15. The van der Waals surface area contributed by atoms with Crippen LogP contribution < -0.4 is 5.32 Å². The zero-order chi connectivity index (χ0) is 13.7. The van der Waals surface area contributed by atoms with Crippen LogP contribution in [0.5, 0.6) is 0 Å². The van der Waals surface area contributed by atoms with Gasteiger partial charge >= 0.3 is 5.97 Å². The first-order valence-corrected chi connectivity index (χ1v) is 6.77. The summed E-state index contributed by atoms with van der Waals surface area (Å²) >= 11 is 0. The Morgan fingerprint density at radius 1 is 1.58 bits per heavy atom. The van der Waals surface area contributed by atoms with Gasteiger partial charge in [0.1, 0.15) is 5.82 Å². The Balaban J connectivity index is 2.15. The number of nitrogens with zero attached hydrogens (tertiary/aromatic N) is 1. The van der Waals surface area contributed by atoms with Gasteiger partial charge in [-0.2, -0.15) is 0 Å². The molecule has 1 aliphatic rings. The molecule has 2 N–H and O–H groups in total. The topological polar surface area (TPSA) is 71.5 Å². The Morgan fingerprint density at radius 3 is 3.05 bits per heavy atom. The lowest BCUT2D eigenvalue weighted by Gasteiger charge is -2.24. The molecular formula is C14H20N2O3. The summed E-state index contributed by atoms with van der Waals surface area (Å²) in [6.45, 7) is 3.52. The van der Waals surface area contributed by atoms with Gasteiger partial charge in [0.05, 0.1) is 18.2 Å². The largest absolute Gasteiger partial charge is 0.478 e. The van der Waals surface area contributed by atoms with Crippen LogP contribution in [-0.2, 0) is 11.2 Å². The van der Waals surface area contributed by atoms with Gasteiger partial charge in [-0.25, -0.2) is 9.78 Å². The van der Waals surface area contributed by atoms with Crippen molar-refractivity contribution in [2.24, 2.45) is 0 Å². The Kier molecular flexibility index (Phi) is 4.74. The standard InChI is InChI=1S/C14H20N2O3/c1-2-4-11-7-10(14(17)18)8-13(15-11)16-12-5-3-6-19-9-12/h7-8,12H,2-6,9H2,1H3,(H,15,16)(H,17,18). The van der Waals surface area contributed by atoms with E-state index in [4.69, 9.17) is 9.84 Å². The van der Waals surface area contributed by atoms with Gasteiger partial charge in [-0.1, -0.05) is 13.3 Å². The van der Waals surface area contributed by atoms with Crippen molar-refractivity contribution < 1.29 is 14.6 Å². The molecule has 0 spiro atoms. The van der Waals surface area contributed by atoms with Crippen molar-refractivity contribution in [1.29, 1.82) is 0 Å². The van der Waals surface area contributed by atoms with Gasteiger partial charge in [-0.3, -0.25) is 0 Å². The molecule has 0 radical (unpaired) electrons. The van der Waals surface area contributed by atoms with E-state index in [0.29, 0.717) is 12.4 Å². The van der Waals surface area contributed by atoms with Crippen molar-refractivity contribution in [3.8, 4) is 0 Å². The molecule has 0 saturated carbocycles. The van der Waals surface area contributed by atoms with Crippen LogP contribution in [0.4, 0.5) is 5.82 Å². The summed E-state index contributed by atoms with van der Waals surface area (Å²) < 4.78 is 5.40. The van der Waals surface area contributed by atoms with Crippen LogP contribution in [0, 0.1) is 0 Å². The minimum atomic E-state index is -0.914. The maximum absolute atomic E-state index is 11.1. The number of nitrogens with one attached hydrogen (secondary N) is 1. The van der Waals surface area contributed by atoms with Crippen molar-refractivity contribution in [3.05, 3.63) is 23.4 Å². The number of aryl methyl sites for hydroxylation is 1. The fourth-order valence-electron chi connectivity index (χ4n) is 2.23. The van der Waals surface area contributed by atoms with Crippen molar-refractivity contribution in [1.82, 2.24) is 4.98 Å². The van der Waals surface area contributed by atoms with E-state index in [1.54, 1.807) is 12.1 Å². The summed E-state index contributed by atoms with van der Waals surface area (Å²) in [5.74, 6) is -0.276. The molecule has 0 aliphatic carbocycles. The van der Waals surface area contributed by atoms with E-state index in [1.165, 1.54) is 0 Å². The molecule has 1 aliphatic heterocycles. The Labute approximate surface area is 113 Å². The SMILES string of the molecule is CCCc1cc(C(=O)O)cc(NC2CCCOC2)n1. The molecule has 1 atom stereocenters. The first kappa shape index (κ1) is 13.8. The average molecular weight is 264 g/mol. The molecule has 1 saturated heterocycles. The number of hydrogen-bond acceptors (Lipinski definition) is 4. The van der Waals surface area contributed by atoms with E-state index in [0.717, 1.165) is 38.0 Å². The lowest BCUT2D eigenvalue weighted by molar-refractivity contribution is 0.0696. The highest BCUT2D eigenvalue weighted by molar-refractivity contribution is 5.88. The van der Waals surface area contributed by atoms with E-state index >= 15 is 0 Å². The van der Waals surface area contributed by atoms with E-state index in [1.807, 2.05) is 0 Å². The lowest BCUT2D eigenvalue weighted by atomic mass is 10.1. The number of hydrogen-bond donors (Lipinski definition) is 2. The van der Waals surface area contributed by atoms with Crippen LogP contribution in [0.2, 0.25) is 0 Å². The van der Waals surface area contributed by atoms with Crippen LogP contribution in [-0.4, -0.2) is 35.3 Å². The van der Waals surface area contributed by atoms with Crippen LogP contribution in [0.3, 0.4) is 0 Å². The number of rotatable bonds is 5. The number of carbonyl (C=O) groups is 1. The van der Waals surface area contributed by atoms with Gasteiger partial charge < -0.3 is 15.2 Å². The summed E-state index contributed by atoms with van der Waals surface area (Å²) in [6, 6.07) is 3.46.